The van der Waals surface area contributed by atoms with Crippen molar-refractivity contribution in [1.29, 1.82) is 0 Å². The number of aliphatic imine (C=N–C) groups is 1. The second kappa shape index (κ2) is 9.51. The van der Waals surface area contributed by atoms with Gasteiger partial charge in [-0.3, -0.25) is 4.99 Å². The molecule has 0 aromatic heterocycles. The fraction of sp³-hybridized carbons (Fsp3) is 0.360. The summed E-state index contributed by atoms with van der Waals surface area (Å²) >= 11 is 17.8. The Bertz CT molecular complexity index is 1150. The van der Waals surface area contributed by atoms with Gasteiger partial charge in [-0.1, -0.05) is 68.3 Å². The highest BCUT2D eigenvalue weighted by Crippen LogP contribution is 2.36. The topological polar surface area (TPSA) is 27.6 Å². The summed E-state index contributed by atoms with van der Waals surface area (Å²) < 4.78 is 39.9. The van der Waals surface area contributed by atoms with Crippen molar-refractivity contribution in [2.45, 2.75) is 52.4 Å². The van der Waals surface area contributed by atoms with Gasteiger partial charge in [-0.05, 0) is 67.4 Å². The normalized spacial score (nSPS) is 18.6. The van der Waals surface area contributed by atoms with E-state index in [1.165, 1.54) is 6.07 Å². The number of hydrogen-bond acceptors (Lipinski definition) is 2. The summed E-state index contributed by atoms with van der Waals surface area (Å²) in [5, 5.41) is 4.49. The van der Waals surface area contributed by atoms with Gasteiger partial charge in [-0.2, -0.15) is 13.2 Å². The van der Waals surface area contributed by atoms with Gasteiger partial charge in [-0.25, -0.2) is 0 Å². The Morgan fingerprint density at radius 2 is 1.76 bits per heavy atom. The van der Waals surface area contributed by atoms with Gasteiger partial charge in [0.15, 0.2) is 5.11 Å². The van der Waals surface area contributed by atoms with E-state index < -0.39 is 17.3 Å². The Labute approximate surface area is 213 Å². The van der Waals surface area contributed by atoms with Crippen molar-refractivity contribution in [3.8, 4) is 0 Å². The zero-order valence-corrected chi connectivity index (χ0v) is 21.8. The highest BCUT2D eigenvalue weighted by molar-refractivity contribution is 7.80. The summed E-state index contributed by atoms with van der Waals surface area (Å²) in [6, 6.07) is 10.1. The summed E-state index contributed by atoms with van der Waals surface area (Å²) in [4.78, 5) is 6.62. The Morgan fingerprint density at radius 1 is 1.09 bits per heavy atom. The lowest BCUT2D eigenvalue weighted by Gasteiger charge is -2.33. The van der Waals surface area contributed by atoms with Crippen molar-refractivity contribution < 1.29 is 13.2 Å². The molecule has 0 bridgehead atoms. The summed E-state index contributed by atoms with van der Waals surface area (Å²) in [5.74, 6) is 0.571. The number of anilines is 1. The van der Waals surface area contributed by atoms with Gasteiger partial charge in [0, 0.05) is 15.7 Å². The van der Waals surface area contributed by atoms with Crippen molar-refractivity contribution in [2.75, 3.05) is 4.90 Å². The second-order valence-corrected chi connectivity index (χ2v) is 10.9. The molecule has 2 aromatic rings. The number of thiocarbonyl (C=S) groups is 1. The molecule has 1 atom stereocenters. The first-order chi connectivity index (χ1) is 15.6. The molecule has 0 spiro atoms. The SMILES string of the molecule is CC(C)(C)C(C=Cc1ccc(Cl)cc1Cl)N=C1NC(=S)N(c2cccc(C(F)(F)F)c2)C1(C)C. The van der Waals surface area contributed by atoms with E-state index in [9.17, 15) is 13.2 Å². The molecule has 1 unspecified atom stereocenters. The van der Waals surface area contributed by atoms with Gasteiger partial charge < -0.3 is 10.2 Å². The Morgan fingerprint density at radius 3 is 2.35 bits per heavy atom. The number of alkyl halides is 3. The standard InChI is InChI=1S/C25H26Cl2F3N3S/c1-23(2,3)20(12-10-15-9-11-17(26)14-19(15)27)31-21-24(4,5)33(22(34)32-21)18-8-6-7-16(13-18)25(28,29)30/h6-14,20H,1-5H3,(H,31,32,34). The van der Waals surface area contributed by atoms with Crippen LogP contribution in [-0.2, 0) is 6.18 Å². The minimum atomic E-state index is -4.45. The molecule has 0 amide bonds. The van der Waals surface area contributed by atoms with Crippen LogP contribution in [0.2, 0.25) is 10.0 Å². The van der Waals surface area contributed by atoms with Crippen LogP contribution >= 0.6 is 35.4 Å². The minimum Gasteiger partial charge on any atom is -0.319 e. The number of amidine groups is 1. The lowest BCUT2D eigenvalue weighted by molar-refractivity contribution is -0.137. The largest absolute Gasteiger partial charge is 0.416 e. The molecular weight excluding hydrogens is 502 g/mol. The first-order valence-electron chi connectivity index (χ1n) is 10.6. The molecule has 1 N–H and O–H groups in total. The number of nitrogens with one attached hydrogen (secondary N) is 1. The van der Waals surface area contributed by atoms with E-state index in [4.69, 9.17) is 40.4 Å². The van der Waals surface area contributed by atoms with E-state index in [1.54, 1.807) is 23.1 Å². The lowest BCUT2D eigenvalue weighted by Crippen LogP contribution is -2.45. The molecular formula is C25H26Cl2F3N3S. The van der Waals surface area contributed by atoms with Crippen LogP contribution in [0, 0.1) is 5.41 Å². The molecule has 3 nitrogen and oxygen atoms in total. The maximum atomic E-state index is 13.3. The Kier molecular flexibility index (Phi) is 7.42. The highest BCUT2D eigenvalue weighted by Gasteiger charge is 2.44. The molecule has 1 fully saturated rings. The summed E-state index contributed by atoms with van der Waals surface area (Å²) in [7, 11) is 0. The predicted molar refractivity (Wildman–Crippen MR) is 140 cm³/mol. The number of hydrogen-bond donors (Lipinski definition) is 1. The fourth-order valence-electron chi connectivity index (χ4n) is 3.62. The van der Waals surface area contributed by atoms with E-state index >= 15 is 0 Å². The average molecular weight is 528 g/mol. The van der Waals surface area contributed by atoms with Crippen LogP contribution in [-0.4, -0.2) is 22.5 Å². The molecule has 1 aliphatic rings. The van der Waals surface area contributed by atoms with E-state index in [2.05, 4.69) is 26.1 Å². The van der Waals surface area contributed by atoms with Crippen LogP contribution < -0.4 is 10.2 Å². The van der Waals surface area contributed by atoms with Gasteiger partial charge in [-0.15, -0.1) is 0 Å². The average Bonchev–Trinajstić information content (AvgIpc) is 2.92. The van der Waals surface area contributed by atoms with Crippen LogP contribution in [0.15, 0.2) is 53.5 Å². The van der Waals surface area contributed by atoms with Gasteiger partial charge in [0.05, 0.1) is 17.1 Å². The number of benzene rings is 2. The summed E-state index contributed by atoms with van der Waals surface area (Å²) in [6.07, 6.45) is -0.601. The van der Waals surface area contributed by atoms with Crippen molar-refractivity contribution in [2.24, 2.45) is 10.4 Å². The molecule has 2 aromatic carbocycles. The zero-order chi connectivity index (χ0) is 25.5. The number of halogens is 5. The van der Waals surface area contributed by atoms with Crippen LogP contribution in [0.5, 0.6) is 0 Å². The van der Waals surface area contributed by atoms with Crippen LogP contribution in [0.1, 0.15) is 45.7 Å². The van der Waals surface area contributed by atoms with E-state index in [-0.39, 0.29) is 11.5 Å². The number of nitrogens with zero attached hydrogens (tertiary/aromatic N) is 2. The van der Waals surface area contributed by atoms with Crippen molar-refractivity contribution in [3.63, 3.8) is 0 Å². The highest BCUT2D eigenvalue weighted by atomic mass is 35.5. The molecule has 182 valence electrons. The first-order valence-corrected chi connectivity index (χ1v) is 11.8. The monoisotopic (exact) mass is 527 g/mol. The second-order valence-electron chi connectivity index (χ2n) is 9.69. The van der Waals surface area contributed by atoms with Gasteiger partial charge in [0.1, 0.15) is 5.84 Å². The molecule has 1 heterocycles. The third kappa shape index (κ3) is 5.75. The first kappa shape index (κ1) is 26.5. The van der Waals surface area contributed by atoms with Gasteiger partial charge in [0.2, 0.25) is 0 Å². The van der Waals surface area contributed by atoms with Crippen molar-refractivity contribution in [3.05, 3.63) is 69.7 Å². The summed E-state index contributed by atoms with van der Waals surface area (Å²) in [6.45, 7) is 9.91. The maximum Gasteiger partial charge on any atom is 0.416 e. The summed E-state index contributed by atoms with van der Waals surface area (Å²) in [5.41, 5.74) is -0.634. The molecule has 0 radical (unpaired) electrons. The lowest BCUT2D eigenvalue weighted by atomic mass is 9.86. The van der Waals surface area contributed by atoms with Crippen LogP contribution in [0.25, 0.3) is 6.08 Å². The van der Waals surface area contributed by atoms with Crippen LogP contribution in [0.3, 0.4) is 0 Å². The maximum absolute atomic E-state index is 13.3. The van der Waals surface area contributed by atoms with Gasteiger partial charge in [0.25, 0.3) is 0 Å². The molecule has 0 saturated carbocycles. The van der Waals surface area contributed by atoms with E-state index in [1.807, 2.05) is 32.1 Å². The Hall–Kier alpha value is -2.09. The minimum absolute atomic E-state index is 0.259. The zero-order valence-electron chi connectivity index (χ0n) is 19.5. The number of rotatable bonds is 4. The molecule has 1 saturated heterocycles. The van der Waals surface area contributed by atoms with E-state index in [0.717, 1.165) is 17.7 Å². The van der Waals surface area contributed by atoms with Gasteiger partial charge >= 0.3 is 6.18 Å². The smallest absolute Gasteiger partial charge is 0.319 e. The molecule has 1 aliphatic heterocycles. The Balaban J connectivity index is 1.98. The quantitative estimate of drug-likeness (QED) is 0.408. The molecule has 0 aliphatic carbocycles. The third-order valence-electron chi connectivity index (χ3n) is 5.57. The molecule has 3 rings (SSSR count). The van der Waals surface area contributed by atoms with Crippen molar-refractivity contribution in [1.82, 2.24) is 5.32 Å². The van der Waals surface area contributed by atoms with E-state index in [0.29, 0.717) is 26.7 Å². The van der Waals surface area contributed by atoms with Crippen molar-refractivity contribution >= 4 is 58.1 Å². The fourth-order valence-corrected chi connectivity index (χ4v) is 4.52. The predicted octanol–water partition coefficient (Wildman–Crippen LogP) is 8.01. The van der Waals surface area contributed by atoms with Crippen LogP contribution in [0.4, 0.5) is 18.9 Å². The third-order valence-corrected chi connectivity index (χ3v) is 6.42. The molecule has 9 heteroatoms. The molecule has 34 heavy (non-hydrogen) atoms.